The van der Waals surface area contributed by atoms with Crippen LogP contribution in [-0.4, -0.2) is 33.4 Å². The smallest absolute Gasteiger partial charge is 0.0710 e. The van der Waals surface area contributed by atoms with E-state index >= 15 is 0 Å². The summed E-state index contributed by atoms with van der Waals surface area (Å²) in [4.78, 5) is 4.13. The maximum Gasteiger partial charge on any atom is 0.0710 e. The molecule has 0 radical (unpaired) electrons. The molecule has 0 atom stereocenters. The third kappa shape index (κ3) is 3.88. The summed E-state index contributed by atoms with van der Waals surface area (Å²) in [5.41, 5.74) is 3.26. The fraction of sp³-hybridized carbons (Fsp3) is 0.467. The number of H-pyrrole nitrogens is 1. The van der Waals surface area contributed by atoms with Gasteiger partial charge in [-0.1, -0.05) is 13.8 Å². The van der Waals surface area contributed by atoms with Crippen LogP contribution in [0, 0.1) is 5.41 Å². The van der Waals surface area contributed by atoms with Gasteiger partial charge in [0.2, 0.25) is 0 Å². The van der Waals surface area contributed by atoms with E-state index in [4.69, 9.17) is 5.11 Å². The third-order valence-corrected chi connectivity index (χ3v) is 3.38. The monoisotopic (exact) mass is 274 g/mol. The van der Waals surface area contributed by atoms with Crippen LogP contribution < -0.4 is 5.32 Å². The van der Waals surface area contributed by atoms with Crippen molar-refractivity contribution in [1.82, 2.24) is 20.5 Å². The molecule has 0 fully saturated rings. The molecule has 2 rings (SSSR count). The van der Waals surface area contributed by atoms with E-state index in [0.717, 1.165) is 36.3 Å². The quantitative estimate of drug-likeness (QED) is 0.721. The second-order valence-corrected chi connectivity index (χ2v) is 5.75. The zero-order valence-corrected chi connectivity index (χ0v) is 12.1. The summed E-state index contributed by atoms with van der Waals surface area (Å²) in [6.45, 7) is 6.11. The molecule has 0 aliphatic rings. The van der Waals surface area contributed by atoms with Gasteiger partial charge in [0.05, 0.1) is 11.9 Å². The topological polar surface area (TPSA) is 73.8 Å². The molecule has 20 heavy (non-hydrogen) atoms. The predicted molar refractivity (Wildman–Crippen MR) is 79.0 cm³/mol. The molecule has 2 heterocycles. The second-order valence-electron chi connectivity index (χ2n) is 5.75. The van der Waals surface area contributed by atoms with E-state index in [-0.39, 0.29) is 12.0 Å². The minimum Gasteiger partial charge on any atom is -0.396 e. The van der Waals surface area contributed by atoms with Crippen molar-refractivity contribution in [3.05, 3.63) is 36.3 Å². The molecule has 5 heteroatoms. The van der Waals surface area contributed by atoms with E-state index in [1.165, 1.54) is 0 Å². The van der Waals surface area contributed by atoms with Crippen molar-refractivity contribution < 1.29 is 5.11 Å². The Balaban J connectivity index is 1.97. The number of hydrogen-bond donors (Lipinski definition) is 3. The highest BCUT2D eigenvalue weighted by Gasteiger charge is 2.17. The Hall–Kier alpha value is -1.72. The summed E-state index contributed by atoms with van der Waals surface area (Å²) < 4.78 is 0. The standard InChI is InChI=1S/C15H22N4O/c1-15(2,5-7-20)11-17-9-13-10-18-19-14(13)12-4-3-6-16-8-12/h3-4,6,8,10,17,20H,5,7,9,11H2,1-2H3,(H,18,19). The molecule has 0 amide bonds. The van der Waals surface area contributed by atoms with Crippen LogP contribution in [0.4, 0.5) is 0 Å². The predicted octanol–water partition coefficient (Wildman–Crippen LogP) is 1.97. The molecule has 108 valence electrons. The molecule has 0 bridgehead atoms. The van der Waals surface area contributed by atoms with E-state index in [1.54, 1.807) is 6.20 Å². The van der Waals surface area contributed by atoms with E-state index in [2.05, 4.69) is 34.3 Å². The Labute approximate surface area is 119 Å². The van der Waals surface area contributed by atoms with Gasteiger partial charge in [0.25, 0.3) is 0 Å². The lowest BCUT2D eigenvalue weighted by Crippen LogP contribution is -2.29. The summed E-state index contributed by atoms with van der Waals surface area (Å²) in [6, 6.07) is 3.93. The maximum absolute atomic E-state index is 9.03. The molecule has 0 saturated heterocycles. The van der Waals surface area contributed by atoms with Crippen LogP contribution in [0.5, 0.6) is 0 Å². The normalized spacial score (nSPS) is 11.8. The summed E-state index contributed by atoms with van der Waals surface area (Å²) in [7, 11) is 0. The van der Waals surface area contributed by atoms with Crippen molar-refractivity contribution in [2.75, 3.05) is 13.2 Å². The van der Waals surface area contributed by atoms with Gasteiger partial charge in [0, 0.05) is 43.2 Å². The molecule has 0 saturated carbocycles. The number of pyridine rings is 1. The van der Waals surface area contributed by atoms with Crippen molar-refractivity contribution in [1.29, 1.82) is 0 Å². The fourth-order valence-electron chi connectivity index (χ4n) is 2.13. The van der Waals surface area contributed by atoms with Gasteiger partial charge in [-0.3, -0.25) is 10.1 Å². The molecule has 2 aromatic heterocycles. The molecular weight excluding hydrogens is 252 g/mol. The number of aromatic amines is 1. The molecule has 0 unspecified atom stereocenters. The molecule has 0 aromatic carbocycles. The molecule has 2 aromatic rings. The third-order valence-electron chi connectivity index (χ3n) is 3.38. The van der Waals surface area contributed by atoms with Gasteiger partial charge in [-0.25, -0.2) is 0 Å². The van der Waals surface area contributed by atoms with Crippen molar-refractivity contribution >= 4 is 0 Å². The number of nitrogens with zero attached hydrogens (tertiary/aromatic N) is 2. The number of aromatic nitrogens is 3. The van der Waals surface area contributed by atoms with E-state index in [9.17, 15) is 0 Å². The van der Waals surface area contributed by atoms with Gasteiger partial charge < -0.3 is 10.4 Å². The largest absolute Gasteiger partial charge is 0.396 e. The van der Waals surface area contributed by atoms with Gasteiger partial charge >= 0.3 is 0 Å². The Morgan fingerprint density at radius 2 is 2.20 bits per heavy atom. The first kappa shape index (κ1) is 14.7. The van der Waals surface area contributed by atoms with Crippen LogP contribution >= 0.6 is 0 Å². The first-order chi connectivity index (χ1) is 9.62. The van der Waals surface area contributed by atoms with Gasteiger partial charge in [-0.15, -0.1) is 0 Å². The summed E-state index contributed by atoms with van der Waals surface area (Å²) in [5.74, 6) is 0. The van der Waals surface area contributed by atoms with Crippen molar-refractivity contribution in [3.63, 3.8) is 0 Å². The summed E-state index contributed by atoms with van der Waals surface area (Å²) in [6.07, 6.45) is 6.22. The lowest BCUT2D eigenvalue weighted by Gasteiger charge is -2.23. The maximum atomic E-state index is 9.03. The van der Waals surface area contributed by atoms with Crippen molar-refractivity contribution in [2.45, 2.75) is 26.8 Å². The van der Waals surface area contributed by atoms with Gasteiger partial charge in [0.1, 0.15) is 0 Å². The molecule has 0 aliphatic carbocycles. The van der Waals surface area contributed by atoms with E-state index in [0.29, 0.717) is 0 Å². The van der Waals surface area contributed by atoms with Gasteiger partial charge in [-0.05, 0) is 24.0 Å². The summed E-state index contributed by atoms with van der Waals surface area (Å²) >= 11 is 0. The zero-order chi connectivity index (χ0) is 14.4. The Morgan fingerprint density at radius 3 is 2.90 bits per heavy atom. The SMILES string of the molecule is CC(C)(CCO)CNCc1cn[nH]c1-c1cccnc1. The number of nitrogens with one attached hydrogen (secondary N) is 2. The van der Waals surface area contributed by atoms with Crippen LogP contribution in [0.15, 0.2) is 30.7 Å². The Bertz CT molecular complexity index is 522. The lowest BCUT2D eigenvalue weighted by atomic mass is 9.90. The van der Waals surface area contributed by atoms with Gasteiger partial charge in [0.15, 0.2) is 0 Å². The van der Waals surface area contributed by atoms with Crippen molar-refractivity contribution in [2.24, 2.45) is 5.41 Å². The minimum atomic E-state index is 0.0902. The molecule has 0 spiro atoms. The highest BCUT2D eigenvalue weighted by Crippen LogP contribution is 2.21. The highest BCUT2D eigenvalue weighted by molar-refractivity contribution is 5.61. The van der Waals surface area contributed by atoms with Crippen molar-refractivity contribution in [3.8, 4) is 11.3 Å². The Kier molecular flexibility index (Phi) is 4.87. The van der Waals surface area contributed by atoms with E-state index < -0.39 is 0 Å². The second kappa shape index (κ2) is 6.63. The average Bonchev–Trinajstić information content (AvgIpc) is 2.88. The molecule has 3 N–H and O–H groups in total. The summed E-state index contributed by atoms with van der Waals surface area (Å²) in [5, 5.41) is 19.6. The van der Waals surface area contributed by atoms with Crippen LogP contribution in [0.2, 0.25) is 0 Å². The molecule has 0 aliphatic heterocycles. The molecule has 5 nitrogen and oxygen atoms in total. The fourth-order valence-corrected chi connectivity index (χ4v) is 2.13. The first-order valence-electron chi connectivity index (χ1n) is 6.86. The minimum absolute atomic E-state index is 0.0902. The van der Waals surface area contributed by atoms with Gasteiger partial charge in [-0.2, -0.15) is 5.10 Å². The van der Waals surface area contributed by atoms with Crippen LogP contribution in [0.25, 0.3) is 11.3 Å². The first-order valence-corrected chi connectivity index (χ1v) is 6.86. The number of aliphatic hydroxyl groups excluding tert-OH is 1. The van der Waals surface area contributed by atoms with Crippen LogP contribution in [0.3, 0.4) is 0 Å². The van der Waals surface area contributed by atoms with Crippen LogP contribution in [0.1, 0.15) is 25.8 Å². The lowest BCUT2D eigenvalue weighted by molar-refractivity contribution is 0.207. The number of aliphatic hydroxyl groups is 1. The Morgan fingerprint density at radius 1 is 1.35 bits per heavy atom. The van der Waals surface area contributed by atoms with E-state index in [1.807, 2.05) is 24.5 Å². The number of hydrogen-bond acceptors (Lipinski definition) is 4. The highest BCUT2D eigenvalue weighted by atomic mass is 16.3. The van der Waals surface area contributed by atoms with Crippen LogP contribution in [-0.2, 0) is 6.54 Å². The molecular formula is C15H22N4O. The average molecular weight is 274 g/mol. The zero-order valence-electron chi connectivity index (χ0n) is 12.1. The number of rotatable bonds is 7.